The van der Waals surface area contributed by atoms with Crippen molar-refractivity contribution in [2.45, 2.75) is 25.3 Å². The highest BCUT2D eigenvalue weighted by atomic mass is 16.5. The Morgan fingerprint density at radius 3 is 2.73 bits per heavy atom. The van der Waals surface area contributed by atoms with Gasteiger partial charge in [-0.2, -0.15) is 0 Å². The van der Waals surface area contributed by atoms with E-state index in [4.69, 9.17) is 4.74 Å². The van der Waals surface area contributed by atoms with E-state index in [1.165, 1.54) is 31.1 Å². The summed E-state index contributed by atoms with van der Waals surface area (Å²) in [5.74, 6) is 0.243. The van der Waals surface area contributed by atoms with E-state index in [-0.39, 0.29) is 5.97 Å². The Labute approximate surface area is 175 Å². The van der Waals surface area contributed by atoms with Crippen LogP contribution in [0.1, 0.15) is 40.2 Å². The first-order valence-electron chi connectivity index (χ1n) is 10.2. The van der Waals surface area contributed by atoms with Crippen LogP contribution in [-0.4, -0.2) is 22.6 Å². The van der Waals surface area contributed by atoms with Crippen LogP contribution in [0.25, 0.3) is 11.0 Å². The van der Waals surface area contributed by atoms with Gasteiger partial charge in [0.2, 0.25) is 0 Å². The standard InChI is InChI=1S/C25H23N3O2/c1-30-25(29)22-14-19(18-7-8-18)9-10-23(22)27-21-13-20-11-12-28(24(20)26-15-21)16-17-5-3-2-4-6-17/h2-6,9-15,18,27H,7-8,16H2,1H3. The number of carbonyl (C=O) groups excluding carboxylic acids is 1. The van der Waals surface area contributed by atoms with Crippen LogP contribution in [0.5, 0.6) is 0 Å². The van der Waals surface area contributed by atoms with Gasteiger partial charge in [-0.15, -0.1) is 0 Å². The number of anilines is 2. The summed E-state index contributed by atoms with van der Waals surface area (Å²) >= 11 is 0. The first-order valence-corrected chi connectivity index (χ1v) is 10.2. The lowest BCUT2D eigenvalue weighted by Gasteiger charge is -2.13. The highest BCUT2D eigenvalue weighted by molar-refractivity contribution is 5.97. The number of benzene rings is 2. The SMILES string of the molecule is COC(=O)c1cc(C2CC2)ccc1Nc1cnc2c(ccn2Cc2ccccc2)c1. The molecule has 4 aromatic rings. The monoisotopic (exact) mass is 397 g/mol. The van der Waals surface area contributed by atoms with E-state index < -0.39 is 0 Å². The fraction of sp³-hybridized carbons (Fsp3) is 0.200. The maximum Gasteiger partial charge on any atom is 0.339 e. The zero-order valence-electron chi connectivity index (χ0n) is 16.8. The predicted molar refractivity (Wildman–Crippen MR) is 118 cm³/mol. The highest BCUT2D eigenvalue weighted by Gasteiger charge is 2.25. The van der Waals surface area contributed by atoms with Gasteiger partial charge in [-0.05, 0) is 54.2 Å². The van der Waals surface area contributed by atoms with Crippen LogP contribution >= 0.6 is 0 Å². The lowest BCUT2D eigenvalue weighted by molar-refractivity contribution is 0.0602. The van der Waals surface area contributed by atoms with Crippen LogP contribution in [0.3, 0.4) is 0 Å². The first kappa shape index (κ1) is 18.4. The van der Waals surface area contributed by atoms with E-state index in [9.17, 15) is 4.79 Å². The quantitative estimate of drug-likeness (QED) is 0.437. The van der Waals surface area contributed by atoms with Crippen molar-refractivity contribution in [1.82, 2.24) is 9.55 Å². The number of fused-ring (bicyclic) bond motifs is 1. The maximum atomic E-state index is 12.3. The number of methoxy groups -OCH3 is 1. The Bertz CT molecular complexity index is 1210. The molecule has 1 fully saturated rings. The number of nitrogens with zero attached hydrogens (tertiary/aromatic N) is 2. The Kier molecular flexibility index (Phi) is 4.71. The van der Waals surface area contributed by atoms with Crippen molar-refractivity contribution in [1.29, 1.82) is 0 Å². The normalized spacial score (nSPS) is 13.4. The van der Waals surface area contributed by atoms with Crippen molar-refractivity contribution in [2.24, 2.45) is 0 Å². The molecule has 0 unspecified atom stereocenters. The number of pyridine rings is 1. The summed E-state index contributed by atoms with van der Waals surface area (Å²) < 4.78 is 7.14. The van der Waals surface area contributed by atoms with Crippen molar-refractivity contribution in [3.8, 4) is 0 Å². The van der Waals surface area contributed by atoms with Gasteiger partial charge in [0.05, 0.1) is 30.2 Å². The number of nitrogens with one attached hydrogen (secondary N) is 1. The third-order valence-corrected chi connectivity index (χ3v) is 5.57. The molecule has 2 aromatic heterocycles. The molecule has 5 heteroatoms. The number of hydrogen-bond acceptors (Lipinski definition) is 4. The molecule has 2 heterocycles. The number of carbonyl (C=O) groups is 1. The second-order valence-electron chi connectivity index (χ2n) is 7.76. The first-order chi connectivity index (χ1) is 14.7. The van der Waals surface area contributed by atoms with Gasteiger partial charge in [0.25, 0.3) is 0 Å². The Morgan fingerprint density at radius 2 is 1.97 bits per heavy atom. The summed E-state index contributed by atoms with van der Waals surface area (Å²) in [7, 11) is 1.42. The van der Waals surface area contributed by atoms with Gasteiger partial charge < -0.3 is 14.6 Å². The molecule has 0 radical (unpaired) electrons. The Hall–Kier alpha value is -3.60. The van der Waals surface area contributed by atoms with Crippen LogP contribution in [0.2, 0.25) is 0 Å². The summed E-state index contributed by atoms with van der Waals surface area (Å²) in [6.07, 6.45) is 6.24. The van der Waals surface area contributed by atoms with E-state index in [0.717, 1.165) is 29.0 Å². The largest absolute Gasteiger partial charge is 0.465 e. The van der Waals surface area contributed by atoms with Crippen LogP contribution in [0.15, 0.2) is 73.1 Å². The third kappa shape index (κ3) is 3.66. The van der Waals surface area contributed by atoms with Gasteiger partial charge in [-0.1, -0.05) is 36.4 Å². The molecule has 5 rings (SSSR count). The zero-order valence-corrected chi connectivity index (χ0v) is 16.8. The Balaban J connectivity index is 1.42. The highest BCUT2D eigenvalue weighted by Crippen LogP contribution is 2.41. The van der Waals surface area contributed by atoms with Crippen LogP contribution in [0, 0.1) is 0 Å². The van der Waals surface area contributed by atoms with Gasteiger partial charge in [0.1, 0.15) is 5.65 Å². The fourth-order valence-electron chi connectivity index (χ4n) is 3.83. The molecule has 1 N–H and O–H groups in total. The minimum Gasteiger partial charge on any atom is -0.465 e. The van der Waals surface area contributed by atoms with Crippen molar-refractivity contribution in [3.05, 3.63) is 89.7 Å². The number of esters is 1. The number of aromatic nitrogens is 2. The predicted octanol–water partition coefficient (Wildman–Crippen LogP) is 5.49. The number of rotatable bonds is 6. The molecule has 0 aliphatic heterocycles. The topological polar surface area (TPSA) is 56.1 Å². The van der Waals surface area contributed by atoms with E-state index >= 15 is 0 Å². The van der Waals surface area contributed by atoms with Crippen molar-refractivity contribution in [2.75, 3.05) is 12.4 Å². The molecule has 0 spiro atoms. The smallest absolute Gasteiger partial charge is 0.339 e. The summed E-state index contributed by atoms with van der Waals surface area (Å²) in [6.45, 7) is 0.777. The van der Waals surface area contributed by atoms with Crippen LogP contribution in [0.4, 0.5) is 11.4 Å². The molecular weight excluding hydrogens is 374 g/mol. The van der Waals surface area contributed by atoms with Gasteiger partial charge in [-0.3, -0.25) is 0 Å². The summed E-state index contributed by atoms with van der Waals surface area (Å²) in [4.78, 5) is 17.0. The molecule has 1 aliphatic carbocycles. The average Bonchev–Trinajstić information content (AvgIpc) is 3.56. The average molecular weight is 397 g/mol. The van der Waals surface area contributed by atoms with E-state index in [2.05, 4.69) is 51.4 Å². The summed E-state index contributed by atoms with van der Waals surface area (Å²) in [5.41, 5.74) is 5.50. The van der Waals surface area contributed by atoms with Crippen molar-refractivity contribution in [3.63, 3.8) is 0 Å². The van der Waals surface area contributed by atoms with Crippen LogP contribution in [-0.2, 0) is 11.3 Å². The van der Waals surface area contributed by atoms with E-state index in [1.807, 2.05) is 30.3 Å². The molecule has 0 atom stereocenters. The van der Waals surface area contributed by atoms with Gasteiger partial charge >= 0.3 is 5.97 Å². The molecule has 1 saturated carbocycles. The van der Waals surface area contributed by atoms with Gasteiger partial charge in [0, 0.05) is 18.1 Å². The minimum atomic E-state index is -0.331. The molecule has 2 aromatic carbocycles. The van der Waals surface area contributed by atoms with E-state index in [1.54, 1.807) is 6.20 Å². The van der Waals surface area contributed by atoms with Crippen molar-refractivity contribution >= 4 is 28.4 Å². The molecule has 5 nitrogen and oxygen atoms in total. The molecule has 0 saturated heterocycles. The van der Waals surface area contributed by atoms with E-state index in [0.29, 0.717) is 11.5 Å². The number of ether oxygens (including phenoxy) is 1. The molecule has 150 valence electrons. The number of hydrogen-bond donors (Lipinski definition) is 1. The second-order valence-corrected chi connectivity index (χ2v) is 7.76. The maximum absolute atomic E-state index is 12.3. The summed E-state index contributed by atoms with van der Waals surface area (Å²) in [5, 5.41) is 4.40. The molecule has 0 bridgehead atoms. The molecule has 1 aliphatic rings. The molecule has 30 heavy (non-hydrogen) atoms. The molecule has 0 amide bonds. The lowest BCUT2D eigenvalue weighted by atomic mass is 10.0. The van der Waals surface area contributed by atoms with Gasteiger partial charge in [0.15, 0.2) is 0 Å². The third-order valence-electron chi connectivity index (χ3n) is 5.57. The van der Waals surface area contributed by atoms with Crippen LogP contribution < -0.4 is 5.32 Å². The summed E-state index contributed by atoms with van der Waals surface area (Å²) in [6, 6.07) is 20.5. The molecular formula is C25H23N3O2. The lowest BCUT2D eigenvalue weighted by Crippen LogP contribution is -2.07. The fourth-order valence-corrected chi connectivity index (χ4v) is 3.83. The Morgan fingerprint density at radius 1 is 1.13 bits per heavy atom. The van der Waals surface area contributed by atoms with Crippen molar-refractivity contribution < 1.29 is 9.53 Å². The minimum absolute atomic E-state index is 0.331. The van der Waals surface area contributed by atoms with Gasteiger partial charge in [-0.25, -0.2) is 9.78 Å². The second kappa shape index (κ2) is 7.67. The zero-order chi connectivity index (χ0) is 20.5.